The second kappa shape index (κ2) is 4.07. The Kier molecular flexibility index (Phi) is 3.27. The van der Waals surface area contributed by atoms with E-state index in [1.165, 1.54) is 7.11 Å². The highest BCUT2D eigenvalue weighted by Gasteiger charge is 2.45. The third-order valence-corrected chi connectivity index (χ3v) is 2.63. The Hall–Kier alpha value is -0.610. The summed E-state index contributed by atoms with van der Waals surface area (Å²) in [5, 5.41) is 0. The van der Waals surface area contributed by atoms with Crippen LogP contribution < -0.4 is 0 Å². The van der Waals surface area contributed by atoms with Gasteiger partial charge in [-0.15, -0.1) is 0 Å². The lowest BCUT2D eigenvalue weighted by Crippen LogP contribution is -2.47. The number of methoxy groups -OCH3 is 3. The first-order chi connectivity index (χ1) is 6.15. The quantitative estimate of drug-likeness (QED) is 0.486. The summed E-state index contributed by atoms with van der Waals surface area (Å²) in [5.74, 6) is -0.267. The van der Waals surface area contributed by atoms with Crippen LogP contribution in [0, 0.1) is 5.92 Å². The minimum Gasteiger partial charge on any atom is -0.469 e. The number of ether oxygens (including phenoxy) is 3. The summed E-state index contributed by atoms with van der Waals surface area (Å²) in [5.41, 5.74) is 0. The van der Waals surface area contributed by atoms with Crippen LogP contribution in [0.15, 0.2) is 0 Å². The zero-order valence-corrected chi connectivity index (χ0v) is 8.33. The van der Waals surface area contributed by atoms with Crippen LogP contribution in [0.2, 0.25) is 0 Å². The molecule has 1 aliphatic rings. The van der Waals surface area contributed by atoms with Crippen molar-refractivity contribution in [1.82, 2.24) is 0 Å². The van der Waals surface area contributed by atoms with Crippen molar-refractivity contribution in [3.63, 3.8) is 0 Å². The van der Waals surface area contributed by atoms with E-state index in [0.717, 1.165) is 12.8 Å². The van der Waals surface area contributed by atoms with E-state index in [1.54, 1.807) is 14.2 Å². The molecule has 0 saturated heterocycles. The summed E-state index contributed by atoms with van der Waals surface area (Å²) in [4.78, 5) is 10.9. The molecule has 4 heteroatoms. The number of carbonyl (C=O) groups excluding carboxylic acids is 1. The van der Waals surface area contributed by atoms with Crippen LogP contribution in [0.1, 0.15) is 19.3 Å². The molecule has 0 N–H and O–H groups in total. The van der Waals surface area contributed by atoms with Gasteiger partial charge in [0.15, 0.2) is 5.79 Å². The van der Waals surface area contributed by atoms with E-state index in [4.69, 9.17) is 9.47 Å². The van der Waals surface area contributed by atoms with Gasteiger partial charge in [-0.05, 0) is 5.92 Å². The SMILES string of the molecule is COC(=O)CC1CC(OC)(OC)C1. The second-order valence-electron chi connectivity index (χ2n) is 3.37. The van der Waals surface area contributed by atoms with Crippen molar-refractivity contribution < 1.29 is 19.0 Å². The van der Waals surface area contributed by atoms with E-state index in [-0.39, 0.29) is 5.97 Å². The molecule has 0 bridgehead atoms. The van der Waals surface area contributed by atoms with Gasteiger partial charge in [-0.1, -0.05) is 0 Å². The molecule has 1 saturated carbocycles. The maximum Gasteiger partial charge on any atom is 0.305 e. The highest BCUT2D eigenvalue weighted by atomic mass is 16.7. The van der Waals surface area contributed by atoms with Crippen molar-refractivity contribution in [2.75, 3.05) is 21.3 Å². The average Bonchev–Trinajstić information content (AvgIpc) is 2.10. The Morgan fingerprint density at radius 3 is 2.23 bits per heavy atom. The van der Waals surface area contributed by atoms with Gasteiger partial charge in [0.25, 0.3) is 0 Å². The van der Waals surface area contributed by atoms with Gasteiger partial charge >= 0.3 is 5.97 Å². The van der Waals surface area contributed by atoms with Crippen molar-refractivity contribution in [3.05, 3.63) is 0 Å². The van der Waals surface area contributed by atoms with Gasteiger partial charge in [-0.2, -0.15) is 0 Å². The molecule has 0 radical (unpaired) electrons. The smallest absolute Gasteiger partial charge is 0.305 e. The minimum absolute atomic E-state index is 0.161. The monoisotopic (exact) mass is 188 g/mol. The topological polar surface area (TPSA) is 44.8 Å². The Balaban J connectivity index is 2.28. The van der Waals surface area contributed by atoms with Gasteiger partial charge in [-0.3, -0.25) is 4.79 Å². The van der Waals surface area contributed by atoms with E-state index >= 15 is 0 Å². The molecule has 0 aromatic heterocycles. The van der Waals surface area contributed by atoms with Crippen molar-refractivity contribution in [2.45, 2.75) is 25.0 Å². The van der Waals surface area contributed by atoms with Gasteiger partial charge in [0.05, 0.1) is 7.11 Å². The highest BCUT2D eigenvalue weighted by molar-refractivity contribution is 5.69. The van der Waals surface area contributed by atoms with Gasteiger partial charge in [0.1, 0.15) is 0 Å². The van der Waals surface area contributed by atoms with Gasteiger partial charge in [-0.25, -0.2) is 0 Å². The molecule has 0 amide bonds. The predicted octanol–water partition coefficient (Wildman–Crippen LogP) is 0.949. The molecule has 1 rings (SSSR count). The van der Waals surface area contributed by atoms with Crippen molar-refractivity contribution in [3.8, 4) is 0 Å². The van der Waals surface area contributed by atoms with Crippen LogP contribution in [0.25, 0.3) is 0 Å². The third kappa shape index (κ3) is 2.19. The van der Waals surface area contributed by atoms with Crippen LogP contribution in [0.4, 0.5) is 0 Å². The Labute approximate surface area is 78.2 Å². The summed E-state index contributed by atoms with van der Waals surface area (Å²) >= 11 is 0. The minimum atomic E-state index is -0.446. The molecule has 0 unspecified atom stereocenters. The molecule has 0 aromatic carbocycles. The zero-order valence-electron chi connectivity index (χ0n) is 8.33. The maximum absolute atomic E-state index is 10.9. The van der Waals surface area contributed by atoms with Gasteiger partial charge in [0.2, 0.25) is 0 Å². The van der Waals surface area contributed by atoms with Crippen LogP contribution in [0.3, 0.4) is 0 Å². The van der Waals surface area contributed by atoms with E-state index in [0.29, 0.717) is 12.3 Å². The molecule has 0 spiro atoms. The fourth-order valence-corrected chi connectivity index (χ4v) is 1.70. The lowest BCUT2D eigenvalue weighted by Gasteiger charge is -2.44. The van der Waals surface area contributed by atoms with Crippen molar-refractivity contribution in [1.29, 1.82) is 0 Å². The molecule has 0 aliphatic heterocycles. The van der Waals surface area contributed by atoms with E-state index < -0.39 is 5.79 Å². The van der Waals surface area contributed by atoms with Gasteiger partial charge in [0, 0.05) is 33.5 Å². The maximum atomic E-state index is 10.9. The van der Waals surface area contributed by atoms with Crippen LogP contribution in [-0.4, -0.2) is 33.1 Å². The highest BCUT2D eigenvalue weighted by Crippen LogP contribution is 2.42. The molecule has 1 fully saturated rings. The summed E-state index contributed by atoms with van der Waals surface area (Å²) in [7, 11) is 4.65. The molecule has 1 aliphatic carbocycles. The molecule has 4 nitrogen and oxygen atoms in total. The first-order valence-electron chi connectivity index (χ1n) is 4.33. The van der Waals surface area contributed by atoms with Gasteiger partial charge < -0.3 is 14.2 Å². The first-order valence-corrected chi connectivity index (χ1v) is 4.33. The molecule has 0 aromatic rings. The lowest BCUT2D eigenvalue weighted by molar-refractivity contribution is -0.270. The fourth-order valence-electron chi connectivity index (χ4n) is 1.70. The van der Waals surface area contributed by atoms with Crippen LogP contribution in [-0.2, 0) is 19.0 Å². The lowest BCUT2D eigenvalue weighted by atomic mass is 9.77. The van der Waals surface area contributed by atoms with E-state index in [9.17, 15) is 4.79 Å². The second-order valence-corrected chi connectivity index (χ2v) is 3.37. The number of hydrogen-bond donors (Lipinski definition) is 0. The fraction of sp³-hybridized carbons (Fsp3) is 0.889. The standard InChI is InChI=1S/C9H16O4/c1-11-8(10)4-7-5-9(6-7,12-2)13-3/h7H,4-6H2,1-3H3. The number of esters is 1. The zero-order chi connectivity index (χ0) is 9.90. The number of rotatable bonds is 4. The van der Waals surface area contributed by atoms with E-state index in [2.05, 4.69) is 4.74 Å². The molecular formula is C9H16O4. The predicted molar refractivity (Wildman–Crippen MR) is 46.1 cm³/mol. The molecule has 0 heterocycles. The van der Waals surface area contributed by atoms with E-state index in [1.807, 2.05) is 0 Å². The number of carbonyl (C=O) groups is 1. The Bertz CT molecular complexity index is 178. The first kappa shape index (κ1) is 10.5. The summed E-state index contributed by atoms with van der Waals surface area (Å²) in [6, 6.07) is 0. The van der Waals surface area contributed by atoms with Crippen molar-refractivity contribution >= 4 is 5.97 Å². The number of hydrogen-bond acceptors (Lipinski definition) is 4. The average molecular weight is 188 g/mol. The molecule has 0 atom stereocenters. The summed E-state index contributed by atoms with van der Waals surface area (Å²) in [6.07, 6.45) is 2.01. The molecule has 13 heavy (non-hydrogen) atoms. The van der Waals surface area contributed by atoms with Crippen molar-refractivity contribution in [2.24, 2.45) is 5.92 Å². The third-order valence-electron chi connectivity index (χ3n) is 2.63. The molecular weight excluding hydrogens is 172 g/mol. The van der Waals surface area contributed by atoms with Crippen LogP contribution in [0.5, 0.6) is 0 Å². The van der Waals surface area contributed by atoms with Crippen LogP contribution >= 0.6 is 0 Å². The normalized spacial score (nSPS) is 20.8. The molecule has 76 valence electrons. The largest absolute Gasteiger partial charge is 0.469 e. The summed E-state index contributed by atoms with van der Waals surface area (Å²) < 4.78 is 15.0. The Morgan fingerprint density at radius 2 is 1.85 bits per heavy atom. The Morgan fingerprint density at radius 1 is 1.31 bits per heavy atom. The summed E-state index contributed by atoms with van der Waals surface area (Å²) in [6.45, 7) is 0.